The van der Waals surface area contributed by atoms with Gasteiger partial charge in [-0.05, 0) is 93.0 Å². The Balaban J connectivity index is 1.51. The number of aromatic carboxylic acids is 4. The van der Waals surface area contributed by atoms with Gasteiger partial charge in [0.15, 0.2) is 0 Å². The molecule has 388 valence electrons. The molecule has 2 aliphatic heterocycles. The zero-order chi connectivity index (χ0) is 50.7. The van der Waals surface area contributed by atoms with Crippen LogP contribution in [0.2, 0.25) is 0 Å². The van der Waals surface area contributed by atoms with Gasteiger partial charge in [0.1, 0.15) is 49.4 Å². The molecule has 72 heavy (non-hydrogen) atoms. The van der Waals surface area contributed by atoms with E-state index < -0.39 is 23.9 Å². The van der Waals surface area contributed by atoms with Crippen LogP contribution in [0, 0.1) is 0 Å². The van der Waals surface area contributed by atoms with Crippen molar-refractivity contribution in [1.29, 1.82) is 0 Å². The summed E-state index contributed by atoms with van der Waals surface area (Å²) in [6, 6.07) is 11.5. The first kappa shape index (κ1) is 53.4. The Morgan fingerprint density at radius 1 is 0.250 bits per heavy atom. The minimum atomic E-state index is -1.27. The Kier molecular flexibility index (Phi) is 20.4. The van der Waals surface area contributed by atoms with Crippen molar-refractivity contribution < 1.29 is 96.4 Å². The summed E-state index contributed by atoms with van der Waals surface area (Å²) in [6.45, 7) is 3.55. The molecular weight excluding hydrogens is 945 g/mol. The van der Waals surface area contributed by atoms with Gasteiger partial charge in [0.2, 0.25) is 0 Å². The Morgan fingerprint density at radius 2 is 0.389 bits per heavy atom. The van der Waals surface area contributed by atoms with Crippen LogP contribution in [-0.4, -0.2) is 176 Å². The molecule has 20 nitrogen and oxygen atoms in total. The summed E-state index contributed by atoms with van der Waals surface area (Å²) in [6.07, 6.45) is -0.545. The van der Waals surface area contributed by atoms with E-state index >= 15 is 0 Å². The van der Waals surface area contributed by atoms with E-state index in [1.54, 1.807) is 0 Å². The molecule has 0 fully saturated rings. The van der Waals surface area contributed by atoms with Crippen LogP contribution in [0.1, 0.15) is 85.9 Å². The normalized spacial score (nSPS) is 17.7. The van der Waals surface area contributed by atoms with Gasteiger partial charge in [-0.3, -0.25) is 0 Å². The standard InChI is InChI=1S/C52H60O20/c53-49(54)41-25-33-21-37-29-43(51(57)58)31-39-23-35-27-42(50(55)56)28-36-24-40-32-44(52(59)60)30-38(48(40)72-20-16-68-12-8-64-4-3-63-7-11-67-15-19-71-47(37)39)22-34(26-41)45(33)69-17-13-65-9-5-61-1-2-62-6-10-66-14-18-70-46(35)36/h25-32H,1-24H2,(H,53,54)(H,55,56)(H,57,58)(H,59,60). The van der Waals surface area contributed by atoms with E-state index in [9.17, 15) is 39.6 Å². The molecule has 20 heteroatoms. The second kappa shape index (κ2) is 27.5. The molecule has 0 saturated heterocycles. The van der Waals surface area contributed by atoms with E-state index in [4.69, 9.17) is 56.8 Å². The molecule has 0 unspecified atom stereocenters. The lowest BCUT2D eigenvalue weighted by Gasteiger charge is -2.24. The molecule has 1 aliphatic carbocycles. The van der Waals surface area contributed by atoms with E-state index in [0.717, 1.165) is 0 Å². The average molecular weight is 1010 g/mol. The van der Waals surface area contributed by atoms with Gasteiger partial charge in [-0.15, -0.1) is 0 Å². The van der Waals surface area contributed by atoms with Crippen LogP contribution < -0.4 is 18.9 Å². The molecule has 0 radical (unpaired) electrons. The molecule has 2 heterocycles. The van der Waals surface area contributed by atoms with E-state index in [0.29, 0.717) is 70.9 Å². The number of hydrogen-bond donors (Lipinski definition) is 4. The van der Waals surface area contributed by atoms with Crippen LogP contribution in [0.3, 0.4) is 0 Å². The van der Waals surface area contributed by atoms with Crippen LogP contribution >= 0.6 is 0 Å². The lowest BCUT2D eigenvalue weighted by Crippen LogP contribution is -2.16. The number of rotatable bonds is 4. The van der Waals surface area contributed by atoms with Gasteiger partial charge in [-0.1, -0.05) is 0 Å². The molecule has 3 aliphatic rings. The third-order valence-electron chi connectivity index (χ3n) is 11.6. The lowest BCUT2D eigenvalue weighted by atomic mass is 9.88. The molecule has 4 N–H and O–H groups in total. The van der Waals surface area contributed by atoms with E-state index in [2.05, 4.69) is 0 Å². The Labute approximate surface area is 415 Å². The number of ether oxygens (including phenoxy) is 12. The van der Waals surface area contributed by atoms with Crippen molar-refractivity contribution in [2.45, 2.75) is 25.7 Å². The van der Waals surface area contributed by atoms with Gasteiger partial charge in [0, 0.05) is 25.7 Å². The minimum absolute atomic E-state index is 0.0193. The molecule has 0 atom stereocenters. The quantitative estimate of drug-likeness (QED) is 0.188. The molecule has 0 saturated carbocycles. The Bertz CT molecular complexity index is 2070. The molecule has 0 amide bonds. The van der Waals surface area contributed by atoms with Crippen LogP contribution in [0.25, 0.3) is 0 Å². The lowest BCUT2D eigenvalue weighted by molar-refractivity contribution is -0.00706. The average Bonchev–Trinajstić information content (AvgIpc) is 3.34. The van der Waals surface area contributed by atoms with Gasteiger partial charge in [-0.25, -0.2) is 19.2 Å². The Morgan fingerprint density at radius 3 is 0.528 bits per heavy atom. The predicted octanol–water partition coefficient (Wildman–Crippen LogP) is 4.83. The highest BCUT2D eigenvalue weighted by molar-refractivity contribution is 5.91. The number of hydrogen-bond acceptors (Lipinski definition) is 16. The highest BCUT2D eigenvalue weighted by Gasteiger charge is 2.27. The third-order valence-corrected chi connectivity index (χ3v) is 11.6. The van der Waals surface area contributed by atoms with Crippen molar-refractivity contribution in [3.63, 3.8) is 0 Å². The largest absolute Gasteiger partial charge is 0.491 e. The molecule has 0 spiro atoms. The van der Waals surface area contributed by atoms with Gasteiger partial charge in [0.25, 0.3) is 0 Å². The SMILES string of the molecule is O=C(O)c1cc2c3c(c1)Cc1cc(C(=O)O)cc4c1OCCOCCOCCOCCOCCOc1c(cc(C(=O)O)cc1Cc1cc(C(=O)O)cc(c1OCCOCCOCCOCCOCCO3)C4)C2. The van der Waals surface area contributed by atoms with Crippen LogP contribution in [0.4, 0.5) is 0 Å². The van der Waals surface area contributed by atoms with Crippen molar-refractivity contribution in [2.24, 2.45) is 0 Å². The summed E-state index contributed by atoms with van der Waals surface area (Å²) in [4.78, 5) is 52.1. The smallest absolute Gasteiger partial charge is 0.335 e. The van der Waals surface area contributed by atoms with E-state index in [-0.39, 0.29) is 177 Å². The van der Waals surface area contributed by atoms with Crippen molar-refractivity contribution >= 4 is 23.9 Å². The van der Waals surface area contributed by atoms with E-state index in [1.165, 1.54) is 48.5 Å². The zero-order valence-electron chi connectivity index (χ0n) is 39.9. The molecule has 12 bridgehead atoms. The summed E-state index contributed by atoms with van der Waals surface area (Å²) in [5, 5.41) is 42.5. The number of carboxylic acids is 4. The first-order valence-electron chi connectivity index (χ1n) is 23.7. The molecule has 4 aromatic rings. The highest BCUT2D eigenvalue weighted by Crippen LogP contribution is 2.41. The summed E-state index contributed by atoms with van der Waals surface area (Å²) < 4.78 is 72.3. The second-order valence-electron chi connectivity index (χ2n) is 16.7. The molecular formula is C52H60O20. The number of benzene rings is 4. The van der Waals surface area contributed by atoms with Gasteiger partial charge in [0.05, 0.1) is 128 Å². The fourth-order valence-corrected chi connectivity index (χ4v) is 8.46. The minimum Gasteiger partial charge on any atom is -0.491 e. The summed E-state index contributed by atoms with van der Waals surface area (Å²) >= 11 is 0. The fourth-order valence-electron chi connectivity index (χ4n) is 8.46. The molecule has 4 aromatic carbocycles. The fraction of sp³-hybridized carbons (Fsp3) is 0.462. The predicted molar refractivity (Wildman–Crippen MR) is 253 cm³/mol. The van der Waals surface area contributed by atoms with E-state index in [1.807, 2.05) is 0 Å². The summed E-state index contributed by atoms with van der Waals surface area (Å²) in [7, 11) is 0. The van der Waals surface area contributed by atoms with Gasteiger partial charge < -0.3 is 77.3 Å². The maximum Gasteiger partial charge on any atom is 0.335 e. The van der Waals surface area contributed by atoms with Crippen molar-refractivity contribution in [3.05, 3.63) is 115 Å². The van der Waals surface area contributed by atoms with Gasteiger partial charge in [-0.2, -0.15) is 0 Å². The highest BCUT2D eigenvalue weighted by atomic mass is 16.6. The zero-order valence-corrected chi connectivity index (χ0v) is 39.9. The molecule has 0 aromatic heterocycles. The second-order valence-corrected chi connectivity index (χ2v) is 16.7. The monoisotopic (exact) mass is 1000 g/mol. The summed E-state index contributed by atoms with van der Waals surface area (Å²) in [5.74, 6) is -4.13. The maximum atomic E-state index is 13.0. The first-order chi connectivity index (χ1) is 35.0. The van der Waals surface area contributed by atoms with Gasteiger partial charge >= 0.3 is 23.9 Å². The maximum absolute atomic E-state index is 13.0. The number of carbonyl (C=O) groups is 4. The number of carboxylic acid groups (broad SMARTS) is 4. The van der Waals surface area contributed by atoms with Crippen LogP contribution in [0.5, 0.6) is 23.0 Å². The Hall–Kier alpha value is -6.36. The topological polar surface area (TPSA) is 260 Å². The van der Waals surface area contributed by atoms with Crippen LogP contribution in [-0.2, 0) is 63.6 Å². The summed E-state index contributed by atoms with van der Waals surface area (Å²) in [5.41, 5.74) is 2.11. The van der Waals surface area contributed by atoms with Crippen LogP contribution in [0.15, 0.2) is 48.5 Å². The van der Waals surface area contributed by atoms with Crippen molar-refractivity contribution in [1.82, 2.24) is 0 Å². The van der Waals surface area contributed by atoms with Crippen molar-refractivity contribution in [3.8, 4) is 23.0 Å². The van der Waals surface area contributed by atoms with Crippen molar-refractivity contribution in [2.75, 3.05) is 132 Å². The first-order valence-corrected chi connectivity index (χ1v) is 23.7. The third kappa shape index (κ3) is 15.3. The molecule has 7 rings (SSSR count).